The number of nitrogens with zero attached hydrogens (tertiary/aromatic N) is 2. The van der Waals surface area contributed by atoms with Crippen molar-refractivity contribution >= 4 is 23.4 Å². The van der Waals surface area contributed by atoms with Gasteiger partial charge >= 0.3 is 0 Å². The maximum atomic E-state index is 13.1. The van der Waals surface area contributed by atoms with Gasteiger partial charge in [-0.15, -0.1) is 0 Å². The summed E-state index contributed by atoms with van der Waals surface area (Å²) in [4.78, 5) is 37.8. The van der Waals surface area contributed by atoms with E-state index in [1.54, 1.807) is 12.4 Å². The number of nitrogens with one attached hydrogen (secondary N) is 2. The van der Waals surface area contributed by atoms with E-state index in [2.05, 4.69) is 47.1 Å². The number of fused-ring (bicyclic) bond motifs is 2. The fourth-order valence-corrected chi connectivity index (χ4v) is 4.84. The van der Waals surface area contributed by atoms with Crippen LogP contribution in [0, 0.1) is 11.3 Å². The second-order valence-corrected chi connectivity index (χ2v) is 9.16. The number of rotatable bonds is 4. The highest BCUT2D eigenvalue weighted by Crippen LogP contribution is 2.47. The van der Waals surface area contributed by atoms with E-state index in [-0.39, 0.29) is 22.7 Å². The Morgan fingerprint density at radius 2 is 1.96 bits per heavy atom. The number of Topliss-reactive ketones (excluding diaryl/α,β-unsaturated/α-hetero) is 1. The number of H-pyrrole nitrogens is 1. The first-order valence-electron chi connectivity index (χ1n) is 9.59. The van der Waals surface area contributed by atoms with Crippen molar-refractivity contribution in [1.29, 1.82) is 0 Å². The van der Waals surface area contributed by atoms with Crippen molar-refractivity contribution in [3.8, 4) is 0 Å². The van der Waals surface area contributed by atoms with Gasteiger partial charge in [-0.05, 0) is 29.5 Å². The van der Waals surface area contributed by atoms with E-state index in [4.69, 9.17) is 0 Å². The summed E-state index contributed by atoms with van der Waals surface area (Å²) in [6, 6.07) is 3.76. The molecule has 7 heteroatoms. The first-order valence-corrected chi connectivity index (χ1v) is 10.6. The van der Waals surface area contributed by atoms with E-state index in [9.17, 15) is 9.59 Å². The quantitative estimate of drug-likeness (QED) is 0.605. The van der Waals surface area contributed by atoms with Gasteiger partial charge in [0.25, 0.3) is 5.56 Å². The van der Waals surface area contributed by atoms with Gasteiger partial charge in [0.15, 0.2) is 5.16 Å². The zero-order valence-corrected chi connectivity index (χ0v) is 17.1. The largest absolute Gasteiger partial charge is 0.343 e. The minimum absolute atomic E-state index is 0.145. The van der Waals surface area contributed by atoms with E-state index < -0.39 is 5.92 Å². The van der Waals surface area contributed by atoms with Crippen molar-refractivity contribution in [1.82, 2.24) is 15.0 Å². The zero-order chi connectivity index (χ0) is 19.9. The molecule has 2 aromatic heterocycles. The van der Waals surface area contributed by atoms with Gasteiger partial charge in [-0.2, -0.15) is 0 Å². The molecule has 28 heavy (non-hydrogen) atoms. The average molecular weight is 397 g/mol. The van der Waals surface area contributed by atoms with Crippen LogP contribution in [-0.4, -0.2) is 26.5 Å². The molecule has 2 aromatic rings. The fraction of sp³-hybridized carbons (Fsp3) is 0.429. The van der Waals surface area contributed by atoms with Gasteiger partial charge < -0.3 is 10.3 Å². The molecule has 0 amide bonds. The van der Waals surface area contributed by atoms with Gasteiger partial charge in [0.2, 0.25) is 0 Å². The normalized spacial score (nSPS) is 22.7. The van der Waals surface area contributed by atoms with E-state index in [1.807, 2.05) is 12.1 Å². The van der Waals surface area contributed by atoms with Crippen molar-refractivity contribution < 1.29 is 4.79 Å². The Morgan fingerprint density at radius 1 is 1.21 bits per heavy atom. The van der Waals surface area contributed by atoms with Crippen molar-refractivity contribution in [2.75, 3.05) is 11.1 Å². The SMILES string of the molecule is CCCSc1nc2c(c(=O)[nH]1)[C@H](c1ccncc1)[C@H]1C(=O)CC(C)(C)C=C1N2. The Bertz CT molecular complexity index is 997. The predicted octanol–water partition coefficient (Wildman–Crippen LogP) is 3.72. The van der Waals surface area contributed by atoms with Crippen LogP contribution in [0.2, 0.25) is 0 Å². The number of aromatic nitrogens is 3. The number of anilines is 1. The van der Waals surface area contributed by atoms with Crippen LogP contribution in [0.25, 0.3) is 0 Å². The number of pyridine rings is 1. The summed E-state index contributed by atoms with van der Waals surface area (Å²) in [6.45, 7) is 6.20. The number of allylic oxidation sites excluding steroid dienone is 2. The molecule has 0 aromatic carbocycles. The number of aromatic amines is 1. The highest BCUT2D eigenvalue weighted by atomic mass is 32.2. The highest BCUT2D eigenvalue weighted by molar-refractivity contribution is 7.99. The molecule has 2 atom stereocenters. The zero-order valence-electron chi connectivity index (χ0n) is 16.3. The van der Waals surface area contributed by atoms with Crippen LogP contribution in [0.15, 0.2) is 46.3 Å². The second kappa shape index (κ2) is 7.20. The van der Waals surface area contributed by atoms with Gasteiger partial charge in [0.05, 0.1) is 11.5 Å². The third-order valence-corrected chi connectivity index (χ3v) is 6.29. The molecule has 0 spiro atoms. The number of hydrogen-bond donors (Lipinski definition) is 2. The van der Waals surface area contributed by atoms with Gasteiger partial charge in [-0.1, -0.05) is 38.6 Å². The Balaban J connectivity index is 1.91. The summed E-state index contributed by atoms with van der Waals surface area (Å²) in [6.07, 6.45) is 6.97. The van der Waals surface area contributed by atoms with Crippen LogP contribution in [0.1, 0.15) is 50.7 Å². The van der Waals surface area contributed by atoms with Crippen molar-refractivity contribution in [3.63, 3.8) is 0 Å². The molecule has 1 aliphatic heterocycles. The topological polar surface area (TPSA) is 87.7 Å². The Kier molecular flexibility index (Phi) is 4.87. The maximum Gasteiger partial charge on any atom is 0.257 e. The average Bonchev–Trinajstić information content (AvgIpc) is 2.64. The Labute approximate surface area is 168 Å². The van der Waals surface area contributed by atoms with Crippen LogP contribution in [0.4, 0.5) is 5.82 Å². The third kappa shape index (κ3) is 3.39. The highest BCUT2D eigenvalue weighted by Gasteiger charge is 2.45. The minimum Gasteiger partial charge on any atom is -0.343 e. The molecule has 0 fully saturated rings. The summed E-state index contributed by atoms with van der Waals surface area (Å²) in [5.41, 5.74) is 1.87. The lowest BCUT2D eigenvalue weighted by molar-refractivity contribution is -0.124. The molecular weight excluding hydrogens is 372 g/mol. The fourth-order valence-electron chi connectivity index (χ4n) is 4.12. The van der Waals surface area contributed by atoms with Gasteiger partial charge in [-0.25, -0.2) is 4.98 Å². The van der Waals surface area contributed by atoms with Gasteiger partial charge in [0, 0.05) is 36.2 Å². The summed E-state index contributed by atoms with van der Waals surface area (Å²) < 4.78 is 0. The molecular formula is C21H24N4O2S. The molecule has 146 valence electrons. The third-order valence-electron chi connectivity index (χ3n) is 5.21. The van der Waals surface area contributed by atoms with Crippen LogP contribution in [-0.2, 0) is 4.79 Å². The lowest BCUT2D eigenvalue weighted by Crippen LogP contribution is -2.41. The summed E-state index contributed by atoms with van der Waals surface area (Å²) in [5, 5.41) is 3.93. The molecule has 2 aliphatic rings. The van der Waals surface area contributed by atoms with E-state index in [0.717, 1.165) is 23.4 Å². The van der Waals surface area contributed by atoms with E-state index in [1.165, 1.54) is 11.8 Å². The number of ketones is 1. The predicted molar refractivity (Wildman–Crippen MR) is 111 cm³/mol. The number of thioether (sulfide) groups is 1. The Hall–Kier alpha value is -2.41. The monoisotopic (exact) mass is 396 g/mol. The van der Waals surface area contributed by atoms with Crippen LogP contribution in [0.3, 0.4) is 0 Å². The second-order valence-electron chi connectivity index (χ2n) is 8.07. The minimum atomic E-state index is -0.403. The number of hydrogen-bond acceptors (Lipinski definition) is 6. The molecule has 0 radical (unpaired) electrons. The molecule has 1 aliphatic carbocycles. The Morgan fingerprint density at radius 3 is 2.68 bits per heavy atom. The van der Waals surface area contributed by atoms with Crippen molar-refractivity contribution in [2.24, 2.45) is 11.3 Å². The van der Waals surface area contributed by atoms with Crippen LogP contribution < -0.4 is 10.9 Å². The molecule has 4 rings (SSSR count). The molecule has 0 saturated carbocycles. The van der Waals surface area contributed by atoms with Crippen molar-refractivity contribution in [3.05, 3.63) is 57.8 Å². The van der Waals surface area contributed by atoms with Gasteiger partial charge in [0.1, 0.15) is 11.6 Å². The van der Waals surface area contributed by atoms with Gasteiger partial charge in [-0.3, -0.25) is 14.6 Å². The molecule has 0 bridgehead atoms. The summed E-state index contributed by atoms with van der Waals surface area (Å²) >= 11 is 1.53. The number of carbonyl (C=O) groups is 1. The molecule has 2 N–H and O–H groups in total. The molecule has 3 heterocycles. The lowest BCUT2D eigenvalue weighted by Gasteiger charge is -2.40. The van der Waals surface area contributed by atoms with E-state index in [0.29, 0.717) is 23.0 Å². The standard InChI is InChI=1S/C21H24N4O2S/c1-4-9-28-20-24-18-17(19(27)25-20)15(12-5-7-22-8-6-12)16-13(23-18)10-21(2,3)11-14(16)26/h5-8,10,15-16H,4,9,11H2,1-3H3,(H2,23,24,25,27)/t15-,16-/m1/s1. The van der Waals surface area contributed by atoms with Crippen molar-refractivity contribution in [2.45, 2.75) is 44.7 Å². The first-order chi connectivity index (χ1) is 13.4. The summed E-state index contributed by atoms with van der Waals surface area (Å²) in [5.74, 6) is 0.811. The van der Waals surface area contributed by atoms with Crippen LogP contribution >= 0.6 is 11.8 Å². The first kappa shape index (κ1) is 18.9. The van der Waals surface area contributed by atoms with Crippen LogP contribution in [0.5, 0.6) is 0 Å². The lowest BCUT2D eigenvalue weighted by atomic mass is 9.67. The maximum absolute atomic E-state index is 13.1. The van der Waals surface area contributed by atoms with E-state index >= 15 is 0 Å². The molecule has 0 unspecified atom stereocenters. The smallest absolute Gasteiger partial charge is 0.257 e. The molecule has 0 saturated heterocycles. The summed E-state index contributed by atoms with van der Waals surface area (Å²) in [7, 11) is 0. The molecule has 6 nitrogen and oxygen atoms in total. The number of carbonyl (C=O) groups excluding carboxylic acids is 1.